The van der Waals surface area contributed by atoms with Crippen LogP contribution in [0.15, 0.2) is 61.1 Å². The maximum Gasteiger partial charge on any atom is 0.418 e. The molecule has 0 unspecified atom stereocenters. The number of benzene rings is 2. The van der Waals surface area contributed by atoms with E-state index in [4.69, 9.17) is 9.47 Å². The molecule has 1 N–H and O–H groups in total. The van der Waals surface area contributed by atoms with Crippen LogP contribution in [0.3, 0.4) is 0 Å². The van der Waals surface area contributed by atoms with Crippen molar-refractivity contribution in [2.24, 2.45) is 0 Å². The Labute approximate surface area is 244 Å². The summed E-state index contributed by atoms with van der Waals surface area (Å²) in [5.41, 5.74) is 1.63. The molecule has 2 aromatic carbocycles. The normalized spacial score (nSPS) is 18.3. The second-order valence-corrected chi connectivity index (χ2v) is 11.8. The van der Waals surface area contributed by atoms with Crippen LogP contribution in [0.1, 0.15) is 45.7 Å². The van der Waals surface area contributed by atoms with Crippen LogP contribution in [0.25, 0.3) is 22.2 Å². The van der Waals surface area contributed by atoms with E-state index in [1.54, 1.807) is 18.2 Å². The lowest BCUT2D eigenvalue weighted by molar-refractivity contribution is -0.137. The van der Waals surface area contributed by atoms with Gasteiger partial charge in [0.05, 0.1) is 29.0 Å². The smallest absolute Gasteiger partial charge is 0.418 e. The van der Waals surface area contributed by atoms with E-state index >= 15 is 0 Å². The number of pyridine rings is 1. The fourth-order valence-electron chi connectivity index (χ4n) is 5.40. The summed E-state index contributed by atoms with van der Waals surface area (Å²) in [5.74, 6) is 1.33. The predicted molar refractivity (Wildman–Crippen MR) is 158 cm³/mol. The van der Waals surface area contributed by atoms with Crippen molar-refractivity contribution in [3.05, 3.63) is 72.2 Å². The maximum absolute atomic E-state index is 13.6. The first-order valence-corrected chi connectivity index (χ1v) is 14.1. The van der Waals surface area contributed by atoms with Crippen molar-refractivity contribution in [3.8, 4) is 17.0 Å². The highest BCUT2D eigenvalue weighted by molar-refractivity contribution is 5.93. The fourth-order valence-corrected chi connectivity index (χ4v) is 5.40. The standard InChI is InChI=1S/C32H36F3N5O2/c1-20-17-40(18-21(2)42-20)13-14-41-28-16-23(9-11-25(28)31(3,4)5)39-30-24-10-8-22(15-27(24)37-19-38-30)29-26(32(33,34)35)7-6-12-36-29/h6-12,15-16,19-21H,13-14,17-18H2,1-5H3,(H,37,38,39)/t20-,21-/m1/s1. The number of hydrogen-bond acceptors (Lipinski definition) is 7. The third-order valence-electron chi connectivity index (χ3n) is 7.24. The van der Waals surface area contributed by atoms with Crippen LogP contribution in [0.5, 0.6) is 5.75 Å². The number of alkyl halides is 3. The Morgan fingerprint density at radius 3 is 2.43 bits per heavy atom. The summed E-state index contributed by atoms with van der Waals surface area (Å²) >= 11 is 0. The Bertz CT molecular complexity index is 1540. The van der Waals surface area contributed by atoms with Crippen molar-refractivity contribution in [2.45, 2.75) is 58.4 Å². The molecule has 3 heterocycles. The first-order chi connectivity index (χ1) is 19.9. The highest BCUT2D eigenvalue weighted by atomic mass is 19.4. The van der Waals surface area contributed by atoms with Crippen molar-refractivity contribution in [1.29, 1.82) is 0 Å². The molecular formula is C32H36F3N5O2. The van der Waals surface area contributed by atoms with E-state index in [2.05, 4.69) is 65.9 Å². The Hall–Kier alpha value is -3.76. The minimum Gasteiger partial charge on any atom is -0.492 e. The first kappa shape index (κ1) is 29.7. The molecule has 1 fully saturated rings. The number of fused-ring (bicyclic) bond motifs is 1. The van der Waals surface area contributed by atoms with Crippen LogP contribution in [0.4, 0.5) is 24.7 Å². The molecule has 0 amide bonds. The van der Waals surface area contributed by atoms with Crippen LogP contribution in [-0.2, 0) is 16.3 Å². The van der Waals surface area contributed by atoms with Gasteiger partial charge >= 0.3 is 6.18 Å². The molecule has 222 valence electrons. The van der Waals surface area contributed by atoms with E-state index in [9.17, 15) is 13.2 Å². The molecule has 1 saturated heterocycles. The number of nitrogens with one attached hydrogen (secondary N) is 1. The average molecular weight is 580 g/mol. The van der Waals surface area contributed by atoms with Gasteiger partial charge in [0.15, 0.2) is 0 Å². The number of aromatic nitrogens is 3. The molecule has 4 aromatic rings. The van der Waals surface area contributed by atoms with E-state index in [0.717, 1.165) is 42.7 Å². The molecule has 10 heteroatoms. The predicted octanol–water partition coefficient (Wildman–Crippen LogP) is 7.24. The molecule has 7 nitrogen and oxygen atoms in total. The topological polar surface area (TPSA) is 72.4 Å². The van der Waals surface area contributed by atoms with Gasteiger partial charge in [0.25, 0.3) is 0 Å². The number of ether oxygens (including phenoxy) is 2. The quantitative estimate of drug-likeness (QED) is 0.247. The number of hydrogen-bond donors (Lipinski definition) is 1. The largest absolute Gasteiger partial charge is 0.492 e. The highest BCUT2D eigenvalue weighted by Crippen LogP contribution is 2.38. The molecule has 0 aliphatic carbocycles. The van der Waals surface area contributed by atoms with E-state index in [0.29, 0.717) is 28.9 Å². The third-order valence-corrected chi connectivity index (χ3v) is 7.24. The second-order valence-electron chi connectivity index (χ2n) is 11.8. The van der Waals surface area contributed by atoms with Gasteiger partial charge in [-0.3, -0.25) is 9.88 Å². The molecule has 5 rings (SSSR count). The highest BCUT2D eigenvalue weighted by Gasteiger charge is 2.34. The minimum atomic E-state index is -4.52. The lowest BCUT2D eigenvalue weighted by Crippen LogP contribution is -2.46. The van der Waals surface area contributed by atoms with Gasteiger partial charge < -0.3 is 14.8 Å². The van der Waals surface area contributed by atoms with Gasteiger partial charge in [-0.25, -0.2) is 9.97 Å². The van der Waals surface area contributed by atoms with Crippen LogP contribution in [0.2, 0.25) is 0 Å². The minimum absolute atomic E-state index is 0.130. The number of rotatable bonds is 7. The van der Waals surface area contributed by atoms with Crippen molar-refractivity contribution >= 4 is 22.4 Å². The second kappa shape index (κ2) is 11.9. The summed E-state index contributed by atoms with van der Waals surface area (Å²) in [4.78, 5) is 15.1. The van der Waals surface area contributed by atoms with Crippen LogP contribution in [0, 0.1) is 0 Å². The Balaban J connectivity index is 1.39. The molecule has 0 spiro atoms. The monoisotopic (exact) mass is 579 g/mol. The zero-order chi connectivity index (χ0) is 30.1. The molecule has 1 aliphatic heterocycles. The lowest BCUT2D eigenvalue weighted by Gasteiger charge is -2.35. The summed E-state index contributed by atoms with van der Waals surface area (Å²) in [6, 6.07) is 13.2. The van der Waals surface area contributed by atoms with Gasteiger partial charge in [0.2, 0.25) is 0 Å². The number of nitrogens with zero attached hydrogens (tertiary/aromatic N) is 4. The van der Waals surface area contributed by atoms with E-state index in [1.165, 1.54) is 18.6 Å². The zero-order valence-corrected chi connectivity index (χ0v) is 24.5. The van der Waals surface area contributed by atoms with Crippen molar-refractivity contribution in [2.75, 3.05) is 31.6 Å². The van der Waals surface area contributed by atoms with Crippen molar-refractivity contribution in [1.82, 2.24) is 19.9 Å². The van der Waals surface area contributed by atoms with Gasteiger partial charge in [0.1, 0.15) is 24.5 Å². The third kappa shape index (κ3) is 6.82. The number of halogens is 3. The van der Waals surface area contributed by atoms with Gasteiger partial charge in [-0.15, -0.1) is 0 Å². The molecule has 0 radical (unpaired) electrons. The summed E-state index contributed by atoms with van der Waals surface area (Å²) in [5, 5.41) is 4.03. The SMILES string of the molecule is C[C@@H]1CN(CCOc2cc(Nc3ncnc4cc(-c5ncccc5C(F)(F)F)ccc34)ccc2C(C)(C)C)C[C@@H](C)O1. The van der Waals surface area contributed by atoms with Gasteiger partial charge in [0, 0.05) is 48.5 Å². The molecule has 1 aliphatic rings. The van der Waals surface area contributed by atoms with Crippen molar-refractivity contribution < 1.29 is 22.6 Å². The van der Waals surface area contributed by atoms with Gasteiger partial charge in [-0.05, 0) is 55.2 Å². The number of morpholine rings is 1. The zero-order valence-electron chi connectivity index (χ0n) is 24.5. The van der Waals surface area contributed by atoms with Crippen molar-refractivity contribution in [3.63, 3.8) is 0 Å². The summed E-state index contributed by atoms with van der Waals surface area (Å²) < 4.78 is 53.0. The molecule has 0 saturated carbocycles. The molecule has 42 heavy (non-hydrogen) atoms. The lowest BCUT2D eigenvalue weighted by atomic mass is 9.86. The van der Waals surface area contributed by atoms with Gasteiger partial charge in [-0.2, -0.15) is 13.2 Å². The molecule has 0 bridgehead atoms. The van der Waals surface area contributed by atoms with Crippen LogP contribution in [-0.4, -0.2) is 58.3 Å². The Morgan fingerprint density at radius 2 is 1.71 bits per heavy atom. The van der Waals surface area contributed by atoms with E-state index < -0.39 is 11.7 Å². The molecular weight excluding hydrogens is 543 g/mol. The van der Waals surface area contributed by atoms with Gasteiger partial charge in [-0.1, -0.05) is 32.9 Å². The summed E-state index contributed by atoms with van der Waals surface area (Å²) in [6.07, 6.45) is -1.38. The Morgan fingerprint density at radius 1 is 0.952 bits per heavy atom. The van der Waals surface area contributed by atoms with E-state index in [1.807, 2.05) is 12.1 Å². The maximum atomic E-state index is 13.6. The molecule has 2 aromatic heterocycles. The van der Waals surface area contributed by atoms with Crippen LogP contribution < -0.4 is 10.1 Å². The molecule has 2 atom stereocenters. The van der Waals surface area contributed by atoms with E-state index in [-0.39, 0.29) is 23.3 Å². The fraction of sp³-hybridized carbons (Fsp3) is 0.406. The Kier molecular flexibility index (Phi) is 8.39. The van der Waals surface area contributed by atoms with Crippen LogP contribution >= 0.6 is 0 Å². The number of anilines is 2. The first-order valence-electron chi connectivity index (χ1n) is 14.1. The summed E-state index contributed by atoms with van der Waals surface area (Å²) in [6.45, 7) is 13.7. The summed E-state index contributed by atoms with van der Waals surface area (Å²) in [7, 11) is 0. The average Bonchev–Trinajstić information content (AvgIpc) is 2.91.